The molecule has 2 rings (SSSR count). The molecular weight excluding hydrogens is 274 g/mol. The molecule has 8 heteroatoms. The molecule has 0 saturated carbocycles. The summed E-state index contributed by atoms with van der Waals surface area (Å²) in [5, 5.41) is 3.10. The molecule has 0 atom stereocenters. The number of aryl methyl sites for hydroxylation is 1. The van der Waals surface area contributed by atoms with Crippen molar-refractivity contribution in [3.05, 3.63) is 20.8 Å². The molecule has 0 aliphatic rings. The maximum absolute atomic E-state index is 12.0. The van der Waals surface area contributed by atoms with Crippen molar-refractivity contribution in [3.8, 4) is 0 Å². The standard InChI is InChI=1S/C13H21N5O3/c1-6-21-13(2,3)7-14-11-15-8-9(16-11)17(4)12(20)18(5)10(8)19/h6-7H2,1-5H3,(H2,14,15,16). The Labute approximate surface area is 121 Å². The van der Waals surface area contributed by atoms with Crippen molar-refractivity contribution < 1.29 is 4.74 Å². The summed E-state index contributed by atoms with van der Waals surface area (Å²) in [5.74, 6) is 0.441. The van der Waals surface area contributed by atoms with Crippen molar-refractivity contribution in [1.29, 1.82) is 0 Å². The summed E-state index contributed by atoms with van der Waals surface area (Å²) < 4.78 is 7.98. The van der Waals surface area contributed by atoms with E-state index < -0.39 is 11.2 Å². The SMILES string of the molecule is CCOC(C)(C)CNc1nc2c([nH]1)c(=O)n(C)c(=O)n2C. The first-order chi connectivity index (χ1) is 9.76. The molecular formula is C13H21N5O3. The average molecular weight is 295 g/mol. The highest BCUT2D eigenvalue weighted by atomic mass is 16.5. The molecule has 2 aromatic heterocycles. The lowest BCUT2D eigenvalue weighted by atomic mass is 10.1. The summed E-state index contributed by atoms with van der Waals surface area (Å²) in [6.45, 7) is 6.99. The molecule has 0 fully saturated rings. The molecule has 0 unspecified atom stereocenters. The molecule has 0 aliphatic heterocycles. The number of nitrogens with one attached hydrogen (secondary N) is 2. The fourth-order valence-corrected chi connectivity index (χ4v) is 2.15. The van der Waals surface area contributed by atoms with Crippen molar-refractivity contribution in [1.82, 2.24) is 19.1 Å². The van der Waals surface area contributed by atoms with Gasteiger partial charge in [0.2, 0.25) is 5.95 Å². The lowest BCUT2D eigenvalue weighted by molar-refractivity contribution is 0.000595. The Morgan fingerprint density at radius 2 is 1.95 bits per heavy atom. The first kappa shape index (κ1) is 15.3. The van der Waals surface area contributed by atoms with E-state index in [2.05, 4.69) is 15.3 Å². The van der Waals surface area contributed by atoms with Crippen LogP contribution in [0.3, 0.4) is 0 Å². The molecule has 116 valence electrons. The Morgan fingerprint density at radius 3 is 2.57 bits per heavy atom. The Morgan fingerprint density at radius 1 is 1.29 bits per heavy atom. The number of anilines is 1. The van der Waals surface area contributed by atoms with E-state index in [0.717, 1.165) is 4.57 Å². The van der Waals surface area contributed by atoms with E-state index in [1.165, 1.54) is 11.6 Å². The van der Waals surface area contributed by atoms with Gasteiger partial charge in [0.25, 0.3) is 5.56 Å². The number of rotatable bonds is 5. The van der Waals surface area contributed by atoms with E-state index in [1.807, 2.05) is 20.8 Å². The Bertz CT molecular complexity index is 768. The van der Waals surface area contributed by atoms with Crippen LogP contribution in [0.25, 0.3) is 11.2 Å². The minimum atomic E-state index is -0.403. The van der Waals surface area contributed by atoms with Crippen LogP contribution >= 0.6 is 0 Å². The predicted octanol–water partition coefficient (Wildman–Crippen LogP) is 0.187. The van der Waals surface area contributed by atoms with Gasteiger partial charge >= 0.3 is 5.69 Å². The third-order valence-corrected chi connectivity index (χ3v) is 3.31. The van der Waals surface area contributed by atoms with E-state index in [9.17, 15) is 9.59 Å². The number of aromatic nitrogens is 4. The van der Waals surface area contributed by atoms with Crippen LogP contribution in [0.15, 0.2) is 9.59 Å². The molecule has 8 nitrogen and oxygen atoms in total. The summed E-state index contributed by atoms with van der Waals surface area (Å²) in [6.07, 6.45) is 0. The number of hydrogen-bond donors (Lipinski definition) is 2. The first-order valence-electron chi connectivity index (χ1n) is 6.80. The van der Waals surface area contributed by atoms with Gasteiger partial charge in [0.15, 0.2) is 11.2 Å². The Kier molecular flexibility index (Phi) is 3.91. The van der Waals surface area contributed by atoms with E-state index in [1.54, 1.807) is 7.05 Å². The first-order valence-corrected chi connectivity index (χ1v) is 6.80. The predicted molar refractivity (Wildman–Crippen MR) is 80.8 cm³/mol. The molecule has 0 aliphatic carbocycles. The van der Waals surface area contributed by atoms with Crippen molar-refractivity contribution in [3.63, 3.8) is 0 Å². The molecule has 2 N–H and O–H groups in total. The topological polar surface area (TPSA) is 93.9 Å². The summed E-state index contributed by atoms with van der Waals surface area (Å²) in [4.78, 5) is 31.1. The fourth-order valence-electron chi connectivity index (χ4n) is 2.15. The number of aromatic amines is 1. The highest BCUT2D eigenvalue weighted by molar-refractivity contribution is 5.72. The lowest BCUT2D eigenvalue weighted by Gasteiger charge is -2.24. The zero-order chi connectivity index (χ0) is 15.8. The minimum absolute atomic E-state index is 0.302. The second-order valence-corrected chi connectivity index (χ2v) is 5.54. The molecule has 0 amide bonds. The van der Waals surface area contributed by atoms with Gasteiger partial charge in [0, 0.05) is 27.2 Å². The average Bonchev–Trinajstić information content (AvgIpc) is 2.85. The highest BCUT2D eigenvalue weighted by Crippen LogP contribution is 2.12. The van der Waals surface area contributed by atoms with Gasteiger partial charge in [-0.3, -0.25) is 13.9 Å². The van der Waals surface area contributed by atoms with Crippen molar-refractivity contribution in [2.24, 2.45) is 14.1 Å². The van der Waals surface area contributed by atoms with Gasteiger partial charge in [-0.2, -0.15) is 4.98 Å². The number of hydrogen-bond acceptors (Lipinski definition) is 5. The summed E-state index contributed by atoms with van der Waals surface area (Å²) in [6, 6.07) is 0. The van der Waals surface area contributed by atoms with Crippen LogP contribution in [-0.2, 0) is 18.8 Å². The van der Waals surface area contributed by atoms with E-state index in [0.29, 0.717) is 30.3 Å². The number of nitrogens with zero attached hydrogens (tertiary/aromatic N) is 3. The third-order valence-electron chi connectivity index (χ3n) is 3.31. The highest BCUT2D eigenvalue weighted by Gasteiger charge is 2.19. The summed E-state index contributed by atoms with van der Waals surface area (Å²) in [7, 11) is 3.02. The van der Waals surface area contributed by atoms with Crippen LogP contribution in [0, 0.1) is 0 Å². The van der Waals surface area contributed by atoms with Gasteiger partial charge in [-0.25, -0.2) is 4.79 Å². The number of imidazole rings is 1. The Balaban J connectivity index is 2.37. The molecule has 0 radical (unpaired) electrons. The zero-order valence-electron chi connectivity index (χ0n) is 13.0. The largest absolute Gasteiger partial charge is 0.374 e. The van der Waals surface area contributed by atoms with Crippen LogP contribution in [0.4, 0.5) is 5.95 Å². The van der Waals surface area contributed by atoms with Crippen molar-refractivity contribution in [2.75, 3.05) is 18.5 Å². The molecule has 0 saturated heterocycles. The lowest BCUT2D eigenvalue weighted by Crippen LogP contribution is -2.36. The van der Waals surface area contributed by atoms with Crippen LogP contribution < -0.4 is 16.6 Å². The van der Waals surface area contributed by atoms with Gasteiger partial charge in [-0.05, 0) is 20.8 Å². The van der Waals surface area contributed by atoms with E-state index in [-0.39, 0.29) is 5.60 Å². The van der Waals surface area contributed by atoms with Crippen LogP contribution in [0.2, 0.25) is 0 Å². The number of fused-ring (bicyclic) bond motifs is 1. The van der Waals surface area contributed by atoms with Crippen LogP contribution in [-0.4, -0.2) is 37.9 Å². The van der Waals surface area contributed by atoms with Gasteiger partial charge in [0.1, 0.15) is 0 Å². The normalized spacial score (nSPS) is 12.0. The zero-order valence-corrected chi connectivity index (χ0v) is 13.0. The second kappa shape index (κ2) is 5.36. The summed E-state index contributed by atoms with van der Waals surface area (Å²) >= 11 is 0. The molecule has 2 aromatic rings. The third kappa shape index (κ3) is 2.85. The molecule has 21 heavy (non-hydrogen) atoms. The van der Waals surface area contributed by atoms with Gasteiger partial charge in [-0.1, -0.05) is 0 Å². The van der Waals surface area contributed by atoms with Gasteiger partial charge < -0.3 is 15.0 Å². The van der Waals surface area contributed by atoms with E-state index in [4.69, 9.17) is 4.74 Å². The molecule has 0 aromatic carbocycles. The number of H-pyrrole nitrogens is 1. The Hall–Kier alpha value is -2.09. The van der Waals surface area contributed by atoms with E-state index >= 15 is 0 Å². The van der Waals surface area contributed by atoms with Crippen molar-refractivity contribution >= 4 is 17.1 Å². The maximum Gasteiger partial charge on any atom is 0.332 e. The monoisotopic (exact) mass is 295 g/mol. The second-order valence-electron chi connectivity index (χ2n) is 5.54. The smallest absolute Gasteiger partial charge is 0.332 e. The van der Waals surface area contributed by atoms with Crippen LogP contribution in [0.1, 0.15) is 20.8 Å². The minimum Gasteiger partial charge on any atom is -0.374 e. The quantitative estimate of drug-likeness (QED) is 0.821. The molecule has 0 spiro atoms. The maximum atomic E-state index is 12.0. The molecule has 0 bridgehead atoms. The van der Waals surface area contributed by atoms with Crippen LogP contribution in [0.5, 0.6) is 0 Å². The summed E-state index contributed by atoms with van der Waals surface area (Å²) in [5.41, 5.74) is -0.515. The van der Waals surface area contributed by atoms with Gasteiger partial charge in [-0.15, -0.1) is 0 Å². The fraction of sp³-hybridized carbons (Fsp3) is 0.615. The molecule has 2 heterocycles. The van der Waals surface area contributed by atoms with Gasteiger partial charge in [0.05, 0.1) is 5.60 Å². The number of ether oxygens (including phenoxy) is 1. The van der Waals surface area contributed by atoms with Crippen molar-refractivity contribution in [2.45, 2.75) is 26.4 Å².